The lowest BCUT2D eigenvalue weighted by Gasteiger charge is -2.35. The highest BCUT2D eigenvalue weighted by Gasteiger charge is 2.25. The topological polar surface area (TPSA) is 86.3 Å². The van der Waals surface area contributed by atoms with Crippen molar-refractivity contribution in [1.29, 1.82) is 0 Å². The third-order valence-electron chi connectivity index (χ3n) is 4.57. The normalized spacial score (nSPS) is 15.6. The van der Waals surface area contributed by atoms with Crippen LogP contribution in [0.25, 0.3) is 0 Å². The molecule has 2 aliphatic rings. The molecular formula is C18H20N4O5. The van der Waals surface area contributed by atoms with Crippen LogP contribution in [-0.2, 0) is 0 Å². The first-order valence-corrected chi connectivity index (χ1v) is 8.59. The quantitative estimate of drug-likeness (QED) is 0.791. The predicted molar refractivity (Wildman–Crippen MR) is 95.8 cm³/mol. The molecule has 1 aromatic carbocycles. The lowest BCUT2D eigenvalue weighted by Crippen LogP contribution is -2.49. The second-order valence-electron chi connectivity index (χ2n) is 6.10. The van der Waals surface area contributed by atoms with Gasteiger partial charge in [-0.05, 0) is 18.2 Å². The van der Waals surface area contributed by atoms with Gasteiger partial charge in [0.2, 0.25) is 12.7 Å². The van der Waals surface area contributed by atoms with Crippen molar-refractivity contribution in [3.05, 3.63) is 29.8 Å². The van der Waals surface area contributed by atoms with Crippen LogP contribution in [0.2, 0.25) is 0 Å². The van der Waals surface area contributed by atoms with Crippen LogP contribution in [0.15, 0.2) is 24.3 Å². The standard InChI is InChI=1S/C18H20N4O5/c1-24-16-10-15(19-18(20-16)25-2)21-5-7-22(8-6-21)17(23)12-3-4-13-14(9-12)27-11-26-13/h3-4,9-10H,5-8,11H2,1-2H3. The number of fused-ring (bicyclic) bond motifs is 1. The molecule has 4 rings (SSSR count). The molecule has 0 radical (unpaired) electrons. The van der Waals surface area contributed by atoms with Gasteiger partial charge in [-0.25, -0.2) is 0 Å². The van der Waals surface area contributed by atoms with E-state index in [1.54, 1.807) is 31.4 Å². The Balaban J connectivity index is 1.44. The second kappa shape index (κ2) is 7.18. The van der Waals surface area contributed by atoms with Crippen LogP contribution >= 0.6 is 0 Å². The summed E-state index contributed by atoms with van der Waals surface area (Å²) in [5, 5.41) is 0. The first-order valence-electron chi connectivity index (χ1n) is 8.59. The summed E-state index contributed by atoms with van der Waals surface area (Å²) in [6.45, 7) is 2.67. The van der Waals surface area contributed by atoms with Gasteiger partial charge < -0.3 is 28.7 Å². The van der Waals surface area contributed by atoms with Crippen LogP contribution in [0.5, 0.6) is 23.4 Å². The second-order valence-corrected chi connectivity index (χ2v) is 6.10. The molecule has 1 fully saturated rings. The van der Waals surface area contributed by atoms with E-state index in [2.05, 4.69) is 14.9 Å². The molecule has 0 saturated carbocycles. The number of carbonyl (C=O) groups excluding carboxylic acids is 1. The maximum Gasteiger partial charge on any atom is 0.321 e. The van der Waals surface area contributed by atoms with Crippen molar-refractivity contribution < 1.29 is 23.7 Å². The fourth-order valence-electron chi connectivity index (χ4n) is 3.10. The van der Waals surface area contributed by atoms with Gasteiger partial charge in [0.15, 0.2) is 11.5 Å². The van der Waals surface area contributed by atoms with E-state index in [0.29, 0.717) is 54.9 Å². The number of benzene rings is 1. The van der Waals surface area contributed by atoms with Crippen molar-refractivity contribution >= 4 is 11.7 Å². The fraction of sp³-hybridized carbons (Fsp3) is 0.389. The number of nitrogens with zero attached hydrogens (tertiary/aromatic N) is 4. The Morgan fingerprint density at radius 3 is 2.52 bits per heavy atom. The first-order chi connectivity index (χ1) is 13.2. The largest absolute Gasteiger partial charge is 0.481 e. The van der Waals surface area contributed by atoms with Crippen LogP contribution in [0.3, 0.4) is 0 Å². The van der Waals surface area contributed by atoms with Gasteiger partial charge in [0, 0.05) is 37.8 Å². The minimum atomic E-state index is -0.0224. The summed E-state index contributed by atoms with van der Waals surface area (Å²) in [5.74, 6) is 2.41. The Morgan fingerprint density at radius 2 is 1.78 bits per heavy atom. The number of rotatable bonds is 4. The van der Waals surface area contributed by atoms with E-state index in [1.807, 2.05) is 4.90 Å². The Hall–Kier alpha value is -3.23. The zero-order chi connectivity index (χ0) is 18.8. The van der Waals surface area contributed by atoms with E-state index in [1.165, 1.54) is 7.11 Å². The Bertz CT molecular complexity index is 829. The van der Waals surface area contributed by atoms with E-state index in [9.17, 15) is 4.79 Å². The number of aromatic nitrogens is 2. The molecule has 1 saturated heterocycles. The minimum absolute atomic E-state index is 0.0224. The van der Waals surface area contributed by atoms with E-state index in [-0.39, 0.29) is 18.7 Å². The molecule has 0 unspecified atom stereocenters. The smallest absolute Gasteiger partial charge is 0.321 e. The molecule has 0 atom stereocenters. The van der Waals surface area contributed by atoms with Gasteiger partial charge in [-0.2, -0.15) is 9.97 Å². The van der Waals surface area contributed by atoms with Crippen LogP contribution in [0.4, 0.5) is 5.82 Å². The zero-order valence-electron chi connectivity index (χ0n) is 15.2. The number of amides is 1. The highest BCUT2D eigenvalue weighted by atomic mass is 16.7. The zero-order valence-corrected chi connectivity index (χ0v) is 15.2. The third-order valence-corrected chi connectivity index (χ3v) is 4.57. The van der Waals surface area contributed by atoms with Crippen molar-refractivity contribution in [2.45, 2.75) is 0 Å². The summed E-state index contributed by atoms with van der Waals surface area (Å²) in [5.41, 5.74) is 0.595. The van der Waals surface area contributed by atoms with Crippen molar-refractivity contribution in [2.24, 2.45) is 0 Å². The van der Waals surface area contributed by atoms with Gasteiger partial charge in [0.25, 0.3) is 5.91 Å². The van der Waals surface area contributed by atoms with E-state index in [4.69, 9.17) is 18.9 Å². The summed E-state index contributed by atoms with van der Waals surface area (Å²) in [4.78, 5) is 25.2. The molecule has 2 aliphatic heterocycles. The van der Waals surface area contributed by atoms with Gasteiger partial charge in [-0.3, -0.25) is 4.79 Å². The maximum absolute atomic E-state index is 12.8. The Kier molecular flexibility index (Phi) is 4.57. The van der Waals surface area contributed by atoms with Gasteiger partial charge in [-0.15, -0.1) is 0 Å². The molecule has 27 heavy (non-hydrogen) atoms. The van der Waals surface area contributed by atoms with E-state index in [0.717, 1.165) is 0 Å². The summed E-state index contributed by atoms with van der Waals surface area (Å²) in [7, 11) is 3.06. The monoisotopic (exact) mass is 372 g/mol. The molecule has 9 nitrogen and oxygen atoms in total. The van der Waals surface area contributed by atoms with Crippen LogP contribution in [0.1, 0.15) is 10.4 Å². The number of piperazine rings is 1. The lowest BCUT2D eigenvalue weighted by atomic mass is 10.1. The van der Waals surface area contributed by atoms with Crippen LogP contribution in [0, 0.1) is 0 Å². The molecule has 2 aromatic rings. The van der Waals surface area contributed by atoms with E-state index < -0.39 is 0 Å². The van der Waals surface area contributed by atoms with Crippen LogP contribution < -0.4 is 23.8 Å². The summed E-state index contributed by atoms with van der Waals surface area (Å²) in [6, 6.07) is 7.28. The van der Waals surface area contributed by atoms with Gasteiger partial charge in [0.1, 0.15) is 5.82 Å². The summed E-state index contributed by atoms with van der Waals surface area (Å²) in [6.07, 6.45) is 0. The van der Waals surface area contributed by atoms with Crippen molar-refractivity contribution in [3.63, 3.8) is 0 Å². The fourth-order valence-corrected chi connectivity index (χ4v) is 3.10. The van der Waals surface area contributed by atoms with Crippen molar-refractivity contribution in [1.82, 2.24) is 14.9 Å². The summed E-state index contributed by atoms with van der Waals surface area (Å²) < 4.78 is 21.0. The minimum Gasteiger partial charge on any atom is -0.481 e. The lowest BCUT2D eigenvalue weighted by molar-refractivity contribution is 0.0746. The molecule has 3 heterocycles. The molecule has 9 heteroatoms. The molecule has 0 aliphatic carbocycles. The Labute approximate surface area is 156 Å². The van der Waals surface area contributed by atoms with Crippen LogP contribution in [-0.4, -0.2) is 68.0 Å². The average Bonchev–Trinajstić information content (AvgIpc) is 3.20. The highest BCUT2D eigenvalue weighted by molar-refractivity contribution is 5.95. The SMILES string of the molecule is COc1cc(N2CCN(C(=O)c3ccc4c(c3)OCO4)CC2)nc(OC)n1. The average molecular weight is 372 g/mol. The van der Waals surface area contributed by atoms with E-state index >= 15 is 0 Å². The maximum atomic E-state index is 12.8. The predicted octanol–water partition coefficient (Wildman–Crippen LogP) is 1.18. The number of carbonyl (C=O) groups is 1. The molecule has 0 bridgehead atoms. The molecule has 1 aromatic heterocycles. The van der Waals surface area contributed by atoms with Crippen molar-refractivity contribution in [3.8, 4) is 23.4 Å². The molecule has 0 N–H and O–H groups in total. The molecular weight excluding hydrogens is 352 g/mol. The van der Waals surface area contributed by atoms with Gasteiger partial charge in [0.05, 0.1) is 14.2 Å². The summed E-state index contributed by atoms with van der Waals surface area (Å²) >= 11 is 0. The highest BCUT2D eigenvalue weighted by Crippen LogP contribution is 2.33. The number of anilines is 1. The molecule has 1 amide bonds. The number of hydrogen-bond acceptors (Lipinski definition) is 8. The number of hydrogen-bond donors (Lipinski definition) is 0. The van der Waals surface area contributed by atoms with Gasteiger partial charge >= 0.3 is 6.01 Å². The first kappa shape index (κ1) is 17.2. The van der Waals surface area contributed by atoms with Gasteiger partial charge in [-0.1, -0.05) is 0 Å². The number of methoxy groups -OCH3 is 2. The van der Waals surface area contributed by atoms with Crippen molar-refractivity contribution in [2.75, 3.05) is 52.1 Å². The third kappa shape index (κ3) is 3.40. The Morgan fingerprint density at radius 1 is 1.00 bits per heavy atom. The molecule has 142 valence electrons. The molecule has 0 spiro atoms. The number of ether oxygens (including phenoxy) is 4.